The molecule has 0 N–H and O–H groups in total. The first-order chi connectivity index (χ1) is 5.11. The van der Waals surface area contributed by atoms with Gasteiger partial charge in [0.2, 0.25) is 0 Å². The van der Waals surface area contributed by atoms with E-state index in [1.165, 1.54) is 0 Å². The second-order valence-electron chi connectivity index (χ2n) is 1.97. The Labute approximate surface area is 60.5 Å². The van der Waals surface area contributed by atoms with Gasteiger partial charge in [-0.25, -0.2) is 17.6 Å². The van der Waals surface area contributed by atoms with E-state index >= 15 is 0 Å². The molecular weight excluding hydrogens is 160 g/mol. The molecule has 0 fully saturated rings. The quantitative estimate of drug-likeness (QED) is 0.560. The fourth-order valence-corrected chi connectivity index (χ4v) is 0.682. The molecule has 60 valence electrons. The van der Waals surface area contributed by atoms with Crippen LogP contribution in [-0.2, 0) is 0 Å². The molecule has 0 aliphatic rings. The molecular formula is C7H4F4. The van der Waals surface area contributed by atoms with Crippen LogP contribution in [0.4, 0.5) is 17.6 Å². The second-order valence-corrected chi connectivity index (χ2v) is 1.97. The molecule has 0 aliphatic heterocycles. The van der Waals surface area contributed by atoms with E-state index in [1.807, 2.05) is 0 Å². The summed E-state index contributed by atoms with van der Waals surface area (Å²) < 4.78 is 48.2. The van der Waals surface area contributed by atoms with E-state index in [0.29, 0.717) is 12.1 Å². The van der Waals surface area contributed by atoms with Crippen LogP contribution in [0.1, 0.15) is 12.0 Å². The van der Waals surface area contributed by atoms with Crippen LogP contribution in [0.5, 0.6) is 0 Å². The van der Waals surface area contributed by atoms with E-state index in [-0.39, 0.29) is 0 Å². The monoisotopic (exact) mass is 164 g/mol. The standard InChI is InChI=1S/C7H4F4/c8-4-1-2-6(9)5(3-4)7(10)11/h1-3,7H. The van der Waals surface area contributed by atoms with Gasteiger partial charge < -0.3 is 0 Å². The lowest BCUT2D eigenvalue weighted by Gasteiger charge is -1.99. The van der Waals surface area contributed by atoms with E-state index in [0.717, 1.165) is 6.07 Å². The molecule has 0 saturated carbocycles. The van der Waals surface area contributed by atoms with Crippen molar-refractivity contribution in [2.75, 3.05) is 0 Å². The molecule has 0 aliphatic carbocycles. The Morgan fingerprint density at radius 2 is 1.73 bits per heavy atom. The Hall–Kier alpha value is -1.06. The van der Waals surface area contributed by atoms with Gasteiger partial charge in [-0.15, -0.1) is 0 Å². The molecule has 0 spiro atoms. The Kier molecular flexibility index (Phi) is 2.12. The lowest BCUT2D eigenvalue weighted by molar-refractivity contribution is 0.146. The molecule has 1 aromatic rings. The molecule has 0 atom stereocenters. The second kappa shape index (κ2) is 2.90. The van der Waals surface area contributed by atoms with Crippen molar-refractivity contribution in [2.45, 2.75) is 6.43 Å². The van der Waals surface area contributed by atoms with Crippen LogP contribution in [0.25, 0.3) is 0 Å². The molecule has 0 aromatic heterocycles. The van der Waals surface area contributed by atoms with Crippen molar-refractivity contribution in [2.24, 2.45) is 0 Å². The van der Waals surface area contributed by atoms with Crippen LogP contribution in [0.3, 0.4) is 0 Å². The summed E-state index contributed by atoms with van der Waals surface area (Å²) in [5.41, 5.74) is -0.898. The highest BCUT2D eigenvalue weighted by molar-refractivity contribution is 5.19. The van der Waals surface area contributed by atoms with Crippen LogP contribution >= 0.6 is 0 Å². The molecule has 11 heavy (non-hydrogen) atoms. The molecule has 0 nitrogen and oxygen atoms in total. The molecule has 1 rings (SSSR count). The van der Waals surface area contributed by atoms with Gasteiger partial charge in [-0.3, -0.25) is 0 Å². The van der Waals surface area contributed by atoms with Gasteiger partial charge in [0.15, 0.2) is 0 Å². The summed E-state index contributed by atoms with van der Waals surface area (Å²) in [4.78, 5) is 0. The van der Waals surface area contributed by atoms with E-state index in [4.69, 9.17) is 0 Å². The van der Waals surface area contributed by atoms with Crippen molar-refractivity contribution in [1.82, 2.24) is 0 Å². The third kappa shape index (κ3) is 1.69. The third-order valence-corrected chi connectivity index (χ3v) is 1.19. The van der Waals surface area contributed by atoms with Crippen molar-refractivity contribution >= 4 is 0 Å². The van der Waals surface area contributed by atoms with Crippen LogP contribution in [-0.4, -0.2) is 0 Å². The molecule has 4 heteroatoms. The smallest absolute Gasteiger partial charge is 0.207 e. The number of alkyl halides is 2. The highest BCUT2D eigenvalue weighted by Gasteiger charge is 2.13. The lowest BCUT2D eigenvalue weighted by Crippen LogP contribution is -1.91. The lowest BCUT2D eigenvalue weighted by atomic mass is 10.2. The van der Waals surface area contributed by atoms with Crippen molar-refractivity contribution in [3.05, 3.63) is 35.4 Å². The van der Waals surface area contributed by atoms with Gasteiger partial charge in [0, 0.05) is 0 Å². The van der Waals surface area contributed by atoms with Crippen molar-refractivity contribution in [1.29, 1.82) is 0 Å². The first-order valence-corrected chi connectivity index (χ1v) is 2.84. The van der Waals surface area contributed by atoms with Gasteiger partial charge in [-0.1, -0.05) is 0 Å². The van der Waals surface area contributed by atoms with E-state index < -0.39 is 23.6 Å². The van der Waals surface area contributed by atoms with Gasteiger partial charge in [-0.05, 0) is 18.2 Å². The molecule has 1 aromatic carbocycles. The van der Waals surface area contributed by atoms with Crippen molar-refractivity contribution in [3.8, 4) is 0 Å². The minimum Gasteiger partial charge on any atom is -0.207 e. The fraction of sp³-hybridized carbons (Fsp3) is 0.143. The minimum atomic E-state index is -2.97. The third-order valence-electron chi connectivity index (χ3n) is 1.19. The van der Waals surface area contributed by atoms with Crippen LogP contribution < -0.4 is 0 Å². The highest BCUT2D eigenvalue weighted by atomic mass is 19.3. The first-order valence-electron chi connectivity index (χ1n) is 2.84. The van der Waals surface area contributed by atoms with Gasteiger partial charge in [0.05, 0.1) is 5.56 Å². The predicted octanol–water partition coefficient (Wildman–Crippen LogP) is 2.90. The number of benzene rings is 1. The topological polar surface area (TPSA) is 0 Å². The van der Waals surface area contributed by atoms with Crippen LogP contribution in [0.2, 0.25) is 0 Å². The average Bonchev–Trinajstić information content (AvgIpc) is 1.94. The van der Waals surface area contributed by atoms with E-state index in [1.54, 1.807) is 0 Å². The SMILES string of the molecule is Fc1ccc(F)c(C(F)F)c1. The van der Waals surface area contributed by atoms with Crippen LogP contribution in [0.15, 0.2) is 18.2 Å². The number of halogens is 4. The molecule has 0 amide bonds. The maximum Gasteiger partial charge on any atom is 0.266 e. The molecule has 0 bridgehead atoms. The van der Waals surface area contributed by atoms with Crippen molar-refractivity contribution < 1.29 is 17.6 Å². The largest absolute Gasteiger partial charge is 0.266 e. The van der Waals surface area contributed by atoms with E-state index in [9.17, 15) is 17.6 Å². The zero-order chi connectivity index (χ0) is 8.43. The average molecular weight is 164 g/mol. The highest BCUT2D eigenvalue weighted by Crippen LogP contribution is 2.22. The normalized spacial score (nSPS) is 10.6. The summed E-state index contributed by atoms with van der Waals surface area (Å²) in [6.07, 6.45) is -2.97. The van der Waals surface area contributed by atoms with Gasteiger partial charge in [0.1, 0.15) is 11.6 Å². The number of hydrogen-bond acceptors (Lipinski definition) is 0. The van der Waals surface area contributed by atoms with Crippen molar-refractivity contribution in [3.63, 3.8) is 0 Å². The summed E-state index contributed by atoms with van der Waals surface area (Å²) >= 11 is 0. The maximum absolute atomic E-state index is 12.4. The summed E-state index contributed by atoms with van der Waals surface area (Å²) in [5.74, 6) is -1.94. The molecule has 0 radical (unpaired) electrons. The summed E-state index contributed by atoms with van der Waals surface area (Å²) in [7, 11) is 0. The zero-order valence-corrected chi connectivity index (χ0v) is 5.32. The van der Waals surface area contributed by atoms with Gasteiger partial charge >= 0.3 is 0 Å². The number of rotatable bonds is 1. The Morgan fingerprint density at radius 3 is 2.18 bits per heavy atom. The summed E-state index contributed by atoms with van der Waals surface area (Å²) in [6, 6.07) is 1.96. The van der Waals surface area contributed by atoms with Gasteiger partial charge in [0.25, 0.3) is 6.43 Å². The Bertz CT molecular complexity index is 257. The molecule has 0 unspecified atom stereocenters. The maximum atomic E-state index is 12.4. The first kappa shape index (κ1) is 8.04. The Balaban J connectivity index is 3.13. The molecule has 0 heterocycles. The Morgan fingerprint density at radius 1 is 1.09 bits per heavy atom. The summed E-state index contributed by atoms with van der Waals surface area (Å²) in [6.45, 7) is 0. The molecule has 0 saturated heterocycles. The zero-order valence-electron chi connectivity index (χ0n) is 5.32. The van der Waals surface area contributed by atoms with Gasteiger partial charge in [-0.2, -0.15) is 0 Å². The summed E-state index contributed by atoms with van der Waals surface area (Å²) in [5, 5.41) is 0. The fourth-order valence-electron chi connectivity index (χ4n) is 0.682. The van der Waals surface area contributed by atoms with Crippen LogP contribution in [0, 0.1) is 11.6 Å². The predicted molar refractivity (Wildman–Crippen MR) is 31.3 cm³/mol. The number of hydrogen-bond donors (Lipinski definition) is 0. The van der Waals surface area contributed by atoms with E-state index in [2.05, 4.69) is 0 Å². The minimum absolute atomic E-state index is 0.486.